The zero-order chi connectivity index (χ0) is 14.8. The lowest BCUT2D eigenvalue weighted by atomic mass is 9.97. The fourth-order valence-electron chi connectivity index (χ4n) is 4.58. The predicted octanol–water partition coefficient (Wildman–Crippen LogP) is 2.39. The number of nitrogens with zero attached hydrogens (tertiary/aromatic N) is 2. The van der Waals surface area contributed by atoms with Gasteiger partial charge in [0.15, 0.2) is 0 Å². The van der Waals surface area contributed by atoms with Crippen LogP contribution in [0.1, 0.15) is 25.7 Å². The average molecular weight is 304 g/mol. The monoisotopic (exact) mass is 304 g/mol. The summed E-state index contributed by atoms with van der Waals surface area (Å²) < 4.78 is 14.0. The van der Waals surface area contributed by atoms with Crippen molar-refractivity contribution in [2.75, 3.05) is 32.9 Å². The summed E-state index contributed by atoms with van der Waals surface area (Å²) in [7, 11) is 0. The molecule has 1 aromatic heterocycles. The number of ether oxygens (including phenoxy) is 2. The van der Waals surface area contributed by atoms with Crippen LogP contribution in [-0.2, 0) is 16.0 Å². The Balaban J connectivity index is 1.37. The van der Waals surface area contributed by atoms with Crippen LogP contribution in [0.15, 0.2) is 24.5 Å². The number of fused-ring (bicyclic) bond motifs is 1. The number of hydrogen-bond donors (Lipinski definition) is 0. The lowest BCUT2D eigenvalue weighted by molar-refractivity contribution is -0.0834. The first-order valence-corrected chi connectivity index (χ1v) is 8.94. The van der Waals surface area contributed by atoms with Crippen LogP contribution in [0.5, 0.6) is 0 Å². The van der Waals surface area contributed by atoms with Gasteiger partial charge in [-0.15, -0.1) is 0 Å². The molecular weight excluding hydrogens is 276 g/mol. The molecule has 3 fully saturated rings. The smallest absolute Gasteiger partial charge is 0.0775 e. The molecule has 1 aliphatic carbocycles. The van der Waals surface area contributed by atoms with E-state index in [0.29, 0.717) is 18.1 Å². The van der Waals surface area contributed by atoms with Crippen molar-refractivity contribution >= 4 is 0 Å². The van der Waals surface area contributed by atoms with Crippen LogP contribution in [0.2, 0.25) is 0 Å². The quantitative estimate of drug-likeness (QED) is 0.854. The lowest BCUT2D eigenvalue weighted by Crippen LogP contribution is -2.52. The number of morpholine rings is 1. The summed E-state index contributed by atoms with van der Waals surface area (Å²) in [6.45, 7) is 6.31. The number of aromatic nitrogens is 1. The molecule has 0 unspecified atom stereocenters. The van der Waals surface area contributed by atoms with Gasteiger partial charge in [0.2, 0.25) is 0 Å². The second-order valence-electron chi connectivity index (χ2n) is 7.17. The Morgan fingerprint density at radius 1 is 0.909 bits per heavy atom. The third-order valence-electron chi connectivity index (χ3n) is 5.78. The highest BCUT2D eigenvalue weighted by atomic mass is 16.5. The van der Waals surface area contributed by atoms with Gasteiger partial charge in [-0.25, -0.2) is 0 Å². The SMILES string of the molecule is c1ccn(C[C@@H]2CC[C@H]3[C@H]2OCCN3CC2CCOCC2)c1. The minimum Gasteiger partial charge on any atom is -0.381 e. The largest absolute Gasteiger partial charge is 0.381 e. The predicted molar refractivity (Wildman–Crippen MR) is 85.8 cm³/mol. The molecule has 122 valence electrons. The number of hydrogen-bond acceptors (Lipinski definition) is 3. The highest BCUT2D eigenvalue weighted by Crippen LogP contribution is 2.36. The van der Waals surface area contributed by atoms with Gasteiger partial charge in [0.05, 0.1) is 12.7 Å². The van der Waals surface area contributed by atoms with Crippen LogP contribution >= 0.6 is 0 Å². The van der Waals surface area contributed by atoms with Crippen LogP contribution in [-0.4, -0.2) is 54.5 Å². The Morgan fingerprint density at radius 2 is 1.73 bits per heavy atom. The van der Waals surface area contributed by atoms with Crippen molar-refractivity contribution in [3.63, 3.8) is 0 Å². The van der Waals surface area contributed by atoms with Gasteiger partial charge in [0.25, 0.3) is 0 Å². The van der Waals surface area contributed by atoms with Crippen molar-refractivity contribution in [3.05, 3.63) is 24.5 Å². The third-order valence-corrected chi connectivity index (χ3v) is 5.78. The standard InChI is InChI=1S/C18H28N2O2/c1-2-8-19(7-1)14-16-3-4-17-18(16)22-12-9-20(17)13-15-5-10-21-11-6-15/h1-2,7-8,15-18H,3-6,9-14H2/t16-,17-,18-/m0/s1. The van der Waals surface area contributed by atoms with Crippen molar-refractivity contribution in [3.8, 4) is 0 Å². The van der Waals surface area contributed by atoms with E-state index < -0.39 is 0 Å². The van der Waals surface area contributed by atoms with Gasteiger partial charge in [-0.05, 0) is 43.7 Å². The van der Waals surface area contributed by atoms with Crippen molar-refractivity contribution in [2.45, 2.75) is 44.4 Å². The highest BCUT2D eigenvalue weighted by molar-refractivity contribution is 4.97. The minimum absolute atomic E-state index is 0.441. The zero-order valence-electron chi connectivity index (χ0n) is 13.4. The normalized spacial score (nSPS) is 33.9. The lowest BCUT2D eigenvalue weighted by Gasteiger charge is -2.41. The summed E-state index contributed by atoms with van der Waals surface area (Å²) >= 11 is 0. The molecule has 0 aromatic carbocycles. The first kappa shape index (κ1) is 14.7. The molecule has 3 heterocycles. The van der Waals surface area contributed by atoms with Gasteiger partial charge in [-0.1, -0.05) is 0 Å². The van der Waals surface area contributed by atoms with Gasteiger partial charge >= 0.3 is 0 Å². The van der Waals surface area contributed by atoms with E-state index in [1.54, 1.807) is 0 Å². The fourth-order valence-corrected chi connectivity index (χ4v) is 4.58. The van der Waals surface area contributed by atoms with Gasteiger partial charge < -0.3 is 14.0 Å². The van der Waals surface area contributed by atoms with E-state index in [-0.39, 0.29) is 0 Å². The van der Waals surface area contributed by atoms with E-state index in [9.17, 15) is 0 Å². The molecule has 4 heteroatoms. The molecule has 2 aliphatic heterocycles. The van der Waals surface area contributed by atoms with E-state index in [1.807, 2.05) is 0 Å². The summed E-state index contributed by atoms with van der Waals surface area (Å²) in [5.74, 6) is 1.51. The summed E-state index contributed by atoms with van der Waals surface area (Å²) in [5.41, 5.74) is 0. The highest BCUT2D eigenvalue weighted by Gasteiger charge is 2.42. The third kappa shape index (κ3) is 3.10. The average Bonchev–Trinajstić information content (AvgIpc) is 3.20. The van der Waals surface area contributed by atoms with Gasteiger partial charge in [-0.3, -0.25) is 4.90 Å². The maximum atomic E-state index is 6.20. The summed E-state index contributed by atoms with van der Waals surface area (Å²) in [4.78, 5) is 2.74. The van der Waals surface area contributed by atoms with Crippen LogP contribution < -0.4 is 0 Å². The molecule has 0 N–H and O–H groups in total. The minimum atomic E-state index is 0.441. The molecule has 0 bridgehead atoms. The van der Waals surface area contributed by atoms with Crippen molar-refractivity contribution in [1.29, 1.82) is 0 Å². The fraction of sp³-hybridized carbons (Fsp3) is 0.778. The van der Waals surface area contributed by atoms with Crippen LogP contribution in [0.3, 0.4) is 0 Å². The van der Waals surface area contributed by atoms with E-state index in [4.69, 9.17) is 9.47 Å². The molecule has 3 aliphatic rings. The molecular formula is C18H28N2O2. The topological polar surface area (TPSA) is 26.6 Å². The van der Waals surface area contributed by atoms with E-state index >= 15 is 0 Å². The Bertz CT molecular complexity index is 456. The van der Waals surface area contributed by atoms with Crippen molar-refractivity contribution in [2.24, 2.45) is 11.8 Å². The van der Waals surface area contributed by atoms with Crippen molar-refractivity contribution < 1.29 is 9.47 Å². The molecule has 1 saturated carbocycles. The molecule has 0 spiro atoms. The summed E-state index contributed by atoms with van der Waals surface area (Å²) in [5, 5.41) is 0. The zero-order valence-corrected chi connectivity index (χ0v) is 13.4. The maximum Gasteiger partial charge on any atom is 0.0775 e. The first-order valence-electron chi connectivity index (χ1n) is 8.94. The maximum absolute atomic E-state index is 6.20. The van der Waals surface area contributed by atoms with Gasteiger partial charge in [-0.2, -0.15) is 0 Å². The molecule has 0 radical (unpaired) electrons. The van der Waals surface area contributed by atoms with Crippen LogP contribution in [0.4, 0.5) is 0 Å². The summed E-state index contributed by atoms with van der Waals surface area (Å²) in [6.07, 6.45) is 9.88. The van der Waals surface area contributed by atoms with Crippen LogP contribution in [0, 0.1) is 11.8 Å². The molecule has 3 atom stereocenters. The van der Waals surface area contributed by atoms with E-state index in [0.717, 1.165) is 38.8 Å². The molecule has 4 nitrogen and oxygen atoms in total. The molecule has 22 heavy (non-hydrogen) atoms. The molecule has 0 amide bonds. The van der Waals surface area contributed by atoms with E-state index in [2.05, 4.69) is 34.0 Å². The Labute approximate surface area is 133 Å². The van der Waals surface area contributed by atoms with Crippen molar-refractivity contribution in [1.82, 2.24) is 9.47 Å². The number of rotatable bonds is 4. The van der Waals surface area contributed by atoms with Crippen LogP contribution in [0.25, 0.3) is 0 Å². The Hall–Kier alpha value is -0.840. The van der Waals surface area contributed by atoms with Gasteiger partial charge in [0, 0.05) is 57.2 Å². The molecule has 1 aromatic rings. The second-order valence-corrected chi connectivity index (χ2v) is 7.17. The first-order chi connectivity index (χ1) is 10.9. The summed E-state index contributed by atoms with van der Waals surface area (Å²) in [6, 6.07) is 4.88. The molecule has 4 rings (SSSR count). The molecule has 2 saturated heterocycles. The van der Waals surface area contributed by atoms with Gasteiger partial charge in [0.1, 0.15) is 0 Å². The Morgan fingerprint density at radius 3 is 2.55 bits per heavy atom. The Kier molecular flexibility index (Phi) is 4.51. The second kappa shape index (κ2) is 6.73. The van der Waals surface area contributed by atoms with E-state index in [1.165, 1.54) is 32.2 Å².